The predicted octanol–water partition coefficient (Wildman–Crippen LogP) is 0.804. The summed E-state index contributed by atoms with van der Waals surface area (Å²) in [5.74, 6) is 0.711. The first-order valence-electron chi connectivity index (χ1n) is 8.89. The molecule has 3 rings (SSSR count). The van der Waals surface area contributed by atoms with Gasteiger partial charge in [-0.05, 0) is 30.5 Å². The van der Waals surface area contributed by atoms with E-state index < -0.39 is 0 Å². The lowest BCUT2D eigenvalue weighted by molar-refractivity contribution is 0.0589. The van der Waals surface area contributed by atoms with Crippen LogP contribution in [0.1, 0.15) is 24.4 Å². The highest BCUT2D eigenvalue weighted by Gasteiger charge is 2.27. The number of benzene rings is 1. The third-order valence-electron chi connectivity index (χ3n) is 5.17. The first-order chi connectivity index (χ1) is 11.7. The van der Waals surface area contributed by atoms with Crippen LogP contribution in [0.2, 0.25) is 0 Å². The molecular weight excluding hydrogens is 306 g/mol. The molecule has 24 heavy (non-hydrogen) atoms. The zero-order valence-corrected chi connectivity index (χ0v) is 14.4. The lowest BCUT2D eigenvalue weighted by Crippen LogP contribution is -2.49. The third-order valence-corrected chi connectivity index (χ3v) is 5.17. The van der Waals surface area contributed by atoms with Crippen molar-refractivity contribution in [2.45, 2.75) is 25.0 Å². The van der Waals surface area contributed by atoms with Gasteiger partial charge in [0.25, 0.3) is 0 Å². The van der Waals surface area contributed by atoms with Crippen molar-refractivity contribution in [1.29, 1.82) is 0 Å². The zero-order chi connectivity index (χ0) is 16.9. The average molecular weight is 335 g/mol. The molecule has 2 aliphatic rings. The molecule has 0 radical (unpaired) electrons. The van der Waals surface area contributed by atoms with Gasteiger partial charge in [-0.15, -0.1) is 0 Å². The van der Waals surface area contributed by atoms with Crippen LogP contribution < -0.4 is 10.1 Å². The Kier molecular flexibility index (Phi) is 5.94. The first-order valence-corrected chi connectivity index (χ1v) is 8.89. The Hall–Kier alpha value is -1.34. The number of nitrogens with one attached hydrogen (secondary N) is 1. The lowest BCUT2D eigenvalue weighted by Gasteiger charge is -2.39. The number of aromatic hydroxyl groups is 1. The number of hydrogen-bond acceptors (Lipinski definition) is 6. The number of likely N-dealkylation sites (tertiary alicyclic amines) is 1. The number of piperidine rings is 1. The summed E-state index contributed by atoms with van der Waals surface area (Å²) in [6.07, 6.45) is 1.56. The van der Waals surface area contributed by atoms with Gasteiger partial charge in [0, 0.05) is 51.9 Å². The van der Waals surface area contributed by atoms with E-state index in [4.69, 9.17) is 4.74 Å². The number of ether oxygens (including phenoxy) is 1. The highest BCUT2D eigenvalue weighted by Crippen LogP contribution is 2.32. The molecule has 2 fully saturated rings. The van der Waals surface area contributed by atoms with Crippen LogP contribution in [0.25, 0.3) is 0 Å². The van der Waals surface area contributed by atoms with E-state index in [1.54, 1.807) is 13.2 Å². The summed E-state index contributed by atoms with van der Waals surface area (Å²) in [6, 6.07) is 5.96. The van der Waals surface area contributed by atoms with E-state index in [-0.39, 0.29) is 17.9 Å². The lowest BCUT2D eigenvalue weighted by atomic mass is 10.0. The van der Waals surface area contributed by atoms with Crippen LogP contribution >= 0.6 is 0 Å². The normalized spacial score (nSPS) is 22.4. The highest BCUT2D eigenvalue weighted by atomic mass is 16.5. The summed E-state index contributed by atoms with van der Waals surface area (Å²) in [4.78, 5) is 4.95. The fourth-order valence-corrected chi connectivity index (χ4v) is 3.67. The second kappa shape index (κ2) is 8.16. The van der Waals surface area contributed by atoms with Crippen molar-refractivity contribution >= 4 is 0 Å². The van der Waals surface area contributed by atoms with E-state index in [9.17, 15) is 10.2 Å². The number of aliphatic hydroxyl groups excluding tert-OH is 1. The van der Waals surface area contributed by atoms with Gasteiger partial charge in [-0.1, -0.05) is 6.07 Å². The standard InChI is InChI=1S/C18H29N3O3/c1-24-18-12-14(2-3-17(18)23)16(21-10-6-19-7-11-21)13-20-8-4-15(22)5-9-20/h2-3,12,15-16,19,22-23H,4-11,13H2,1H3. The van der Waals surface area contributed by atoms with Crippen LogP contribution in [-0.4, -0.2) is 79.0 Å². The third kappa shape index (κ3) is 4.19. The van der Waals surface area contributed by atoms with Gasteiger partial charge >= 0.3 is 0 Å². The summed E-state index contributed by atoms with van der Waals surface area (Å²) in [5.41, 5.74) is 1.18. The molecule has 0 aliphatic carbocycles. The van der Waals surface area contributed by atoms with E-state index in [0.29, 0.717) is 5.75 Å². The van der Waals surface area contributed by atoms with E-state index >= 15 is 0 Å². The zero-order valence-electron chi connectivity index (χ0n) is 14.4. The molecule has 1 aromatic rings. The van der Waals surface area contributed by atoms with Gasteiger partial charge < -0.3 is 25.2 Å². The number of phenols is 1. The van der Waals surface area contributed by atoms with E-state index in [1.165, 1.54) is 5.56 Å². The van der Waals surface area contributed by atoms with Crippen LogP contribution in [0.5, 0.6) is 11.5 Å². The van der Waals surface area contributed by atoms with Crippen molar-refractivity contribution in [3.05, 3.63) is 23.8 Å². The Labute approximate surface area is 144 Å². The van der Waals surface area contributed by atoms with Gasteiger partial charge in [-0.3, -0.25) is 4.90 Å². The summed E-state index contributed by atoms with van der Waals surface area (Å²) in [5, 5.41) is 23.0. The van der Waals surface area contributed by atoms with Crippen molar-refractivity contribution in [2.75, 3.05) is 52.9 Å². The summed E-state index contributed by atoms with van der Waals surface area (Å²) < 4.78 is 5.30. The van der Waals surface area contributed by atoms with Crippen molar-refractivity contribution < 1.29 is 14.9 Å². The van der Waals surface area contributed by atoms with Gasteiger partial charge in [0.1, 0.15) is 0 Å². The SMILES string of the molecule is COc1cc(C(CN2CCC(O)CC2)N2CCNCC2)ccc1O. The number of hydrogen-bond donors (Lipinski definition) is 3. The monoisotopic (exact) mass is 335 g/mol. The second-order valence-corrected chi connectivity index (χ2v) is 6.76. The molecule has 0 amide bonds. The van der Waals surface area contributed by atoms with E-state index in [0.717, 1.165) is 58.7 Å². The number of methoxy groups -OCH3 is 1. The Bertz CT molecular complexity index is 526. The van der Waals surface area contributed by atoms with Gasteiger partial charge in [0.05, 0.1) is 13.2 Å². The Morgan fingerprint density at radius 2 is 1.92 bits per heavy atom. The molecule has 6 heteroatoms. The molecule has 0 spiro atoms. The summed E-state index contributed by atoms with van der Waals surface area (Å²) >= 11 is 0. The Balaban J connectivity index is 1.78. The maximum atomic E-state index is 9.89. The molecule has 0 aromatic heterocycles. The largest absolute Gasteiger partial charge is 0.504 e. The predicted molar refractivity (Wildman–Crippen MR) is 93.5 cm³/mol. The maximum absolute atomic E-state index is 9.89. The van der Waals surface area contributed by atoms with Crippen molar-refractivity contribution in [2.24, 2.45) is 0 Å². The Morgan fingerprint density at radius 3 is 2.58 bits per heavy atom. The van der Waals surface area contributed by atoms with Crippen LogP contribution in [0.15, 0.2) is 18.2 Å². The van der Waals surface area contributed by atoms with Gasteiger partial charge in [-0.2, -0.15) is 0 Å². The fraction of sp³-hybridized carbons (Fsp3) is 0.667. The molecule has 1 aromatic carbocycles. The molecular formula is C18H29N3O3. The molecule has 0 saturated carbocycles. The van der Waals surface area contributed by atoms with Crippen LogP contribution in [0.4, 0.5) is 0 Å². The van der Waals surface area contributed by atoms with Crippen molar-refractivity contribution in [3.63, 3.8) is 0 Å². The number of nitrogens with zero attached hydrogens (tertiary/aromatic N) is 2. The molecule has 2 saturated heterocycles. The van der Waals surface area contributed by atoms with Crippen molar-refractivity contribution in [3.8, 4) is 11.5 Å². The van der Waals surface area contributed by atoms with Gasteiger partial charge in [0.2, 0.25) is 0 Å². The molecule has 1 atom stereocenters. The molecule has 1 unspecified atom stereocenters. The maximum Gasteiger partial charge on any atom is 0.160 e. The number of piperazine rings is 1. The number of rotatable bonds is 5. The second-order valence-electron chi connectivity index (χ2n) is 6.76. The summed E-state index contributed by atoms with van der Waals surface area (Å²) in [6.45, 7) is 6.88. The number of phenolic OH excluding ortho intramolecular Hbond substituents is 1. The topological polar surface area (TPSA) is 68.2 Å². The van der Waals surface area contributed by atoms with Gasteiger partial charge in [0.15, 0.2) is 11.5 Å². The molecule has 6 nitrogen and oxygen atoms in total. The molecule has 2 heterocycles. The molecule has 2 aliphatic heterocycles. The minimum atomic E-state index is -0.146. The van der Waals surface area contributed by atoms with E-state index in [1.807, 2.05) is 12.1 Å². The minimum Gasteiger partial charge on any atom is -0.504 e. The first kappa shape index (κ1) is 17.5. The highest BCUT2D eigenvalue weighted by molar-refractivity contribution is 5.42. The van der Waals surface area contributed by atoms with Gasteiger partial charge in [-0.25, -0.2) is 0 Å². The Morgan fingerprint density at radius 1 is 1.21 bits per heavy atom. The quantitative estimate of drug-likeness (QED) is 0.740. The average Bonchev–Trinajstić information content (AvgIpc) is 2.62. The summed E-state index contributed by atoms with van der Waals surface area (Å²) in [7, 11) is 1.59. The molecule has 3 N–H and O–H groups in total. The smallest absolute Gasteiger partial charge is 0.160 e. The van der Waals surface area contributed by atoms with Crippen LogP contribution in [0.3, 0.4) is 0 Å². The van der Waals surface area contributed by atoms with Crippen LogP contribution in [0, 0.1) is 0 Å². The number of aliphatic hydroxyl groups is 1. The van der Waals surface area contributed by atoms with E-state index in [2.05, 4.69) is 15.1 Å². The molecule has 0 bridgehead atoms. The molecule has 134 valence electrons. The van der Waals surface area contributed by atoms with Crippen molar-refractivity contribution in [1.82, 2.24) is 15.1 Å². The fourth-order valence-electron chi connectivity index (χ4n) is 3.67. The minimum absolute atomic E-state index is 0.146. The van der Waals surface area contributed by atoms with Crippen LogP contribution in [-0.2, 0) is 0 Å².